The molecule has 2 atom stereocenters. The Morgan fingerprint density at radius 3 is 1.34 bits per heavy atom. The number of aryl methyl sites for hydroxylation is 4. The summed E-state index contributed by atoms with van der Waals surface area (Å²) < 4.78 is 70.3. The Labute approximate surface area is 426 Å². The predicted molar refractivity (Wildman–Crippen MR) is 258 cm³/mol. The molecule has 0 radical (unpaired) electrons. The number of rotatable bonds is 7. The van der Waals surface area contributed by atoms with E-state index in [1.165, 1.54) is 4.90 Å². The summed E-state index contributed by atoms with van der Waals surface area (Å²) in [5, 5.41) is 12.0. The fourth-order valence-electron chi connectivity index (χ4n) is 8.26. The molecule has 4 aromatic rings. The van der Waals surface area contributed by atoms with E-state index in [0.29, 0.717) is 39.7 Å². The summed E-state index contributed by atoms with van der Waals surface area (Å²) >= 11 is 12.4. The van der Waals surface area contributed by atoms with Crippen molar-refractivity contribution in [2.75, 3.05) is 32.7 Å². The molecule has 0 aromatic heterocycles. The van der Waals surface area contributed by atoms with E-state index in [2.05, 4.69) is 15.6 Å². The van der Waals surface area contributed by atoms with E-state index in [-0.39, 0.29) is 29.5 Å². The van der Waals surface area contributed by atoms with Crippen LogP contribution < -0.4 is 5.32 Å². The maximum atomic E-state index is 13.0. The first-order valence-corrected chi connectivity index (χ1v) is 23.4. The second-order valence-electron chi connectivity index (χ2n) is 18.4. The zero-order chi connectivity index (χ0) is 54.0. The molecule has 0 saturated carbocycles. The number of benzene rings is 4. The van der Waals surface area contributed by atoms with Crippen molar-refractivity contribution in [2.24, 2.45) is 10.3 Å². The third kappa shape index (κ3) is 13.8. The molecule has 4 heterocycles. The third-order valence-corrected chi connectivity index (χ3v) is 12.6. The molecule has 2 saturated heterocycles. The van der Waals surface area contributed by atoms with Crippen molar-refractivity contribution in [1.29, 1.82) is 0 Å². The first-order valence-electron chi connectivity index (χ1n) is 22.6. The Morgan fingerprint density at radius 2 is 1.00 bits per heavy atom. The number of hydrogen-bond acceptors (Lipinski definition) is 10. The van der Waals surface area contributed by atoms with Crippen LogP contribution in [0.2, 0.25) is 10.0 Å². The molecule has 4 aromatic carbocycles. The number of carbonyl (C=O) groups is 6. The highest BCUT2D eigenvalue weighted by molar-refractivity contribution is 6.31. The van der Waals surface area contributed by atoms with Gasteiger partial charge in [-0.15, -0.1) is 0 Å². The van der Waals surface area contributed by atoms with Crippen LogP contribution in [0.5, 0.6) is 0 Å². The molecular weight excluding hydrogens is 1010 g/mol. The van der Waals surface area contributed by atoms with E-state index < -0.39 is 79.1 Å². The lowest BCUT2D eigenvalue weighted by molar-refractivity contribution is -0.174. The number of hydrogen-bond donors (Lipinski definition) is 1. The lowest BCUT2D eigenvalue weighted by Gasteiger charge is -2.33. The number of alkyl halides is 6. The molecular formula is C51H50Cl2F6N6O8. The molecule has 73 heavy (non-hydrogen) atoms. The number of piperazine rings is 2. The van der Waals surface area contributed by atoms with E-state index in [1.54, 1.807) is 31.2 Å². The molecule has 14 nitrogen and oxygen atoms in total. The molecule has 4 aliphatic rings. The van der Waals surface area contributed by atoms with E-state index in [9.17, 15) is 55.1 Å². The van der Waals surface area contributed by atoms with Gasteiger partial charge in [-0.3, -0.25) is 39.0 Å². The molecule has 0 spiro atoms. The van der Waals surface area contributed by atoms with Crippen LogP contribution in [0, 0.1) is 27.7 Å². The number of oxime groups is 2. The maximum absolute atomic E-state index is 13.0. The van der Waals surface area contributed by atoms with Crippen LogP contribution in [0.4, 0.5) is 26.3 Å². The van der Waals surface area contributed by atoms with Crippen molar-refractivity contribution in [1.82, 2.24) is 20.0 Å². The number of nitrogens with zero attached hydrogens (tertiary/aromatic N) is 5. The van der Waals surface area contributed by atoms with Crippen molar-refractivity contribution in [2.45, 2.75) is 91.3 Å². The van der Waals surface area contributed by atoms with Crippen molar-refractivity contribution < 1.29 is 64.8 Å². The van der Waals surface area contributed by atoms with Crippen molar-refractivity contribution in [3.05, 3.63) is 138 Å². The van der Waals surface area contributed by atoms with Gasteiger partial charge in [-0.1, -0.05) is 64.7 Å². The summed E-state index contributed by atoms with van der Waals surface area (Å²) in [7, 11) is 0. The Morgan fingerprint density at radius 1 is 0.616 bits per heavy atom. The topological polar surface area (TPSA) is 167 Å². The summed E-state index contributed by atoms with van der Waals surface area (Å²) in [5.41, 5.74) is 7.52. The van der Waals surface area contributed by atoms with Crippen LogP contribution in [0.25, 0.3) is 0 Å². The third-order valence-electron chi connectivity index (χ3n) is 12.1. The van der Waals surface area contributed by atoms with Crippen LogP contribution in [0.3, 0.4) is 0 Å². The van der Waals surface area contributed by atoms with Gasteiger partial charge in [-0.25, -0.2) is 0 Å². The van der Waals surface area contributed by atoms with Gasteiger partial charge in [0, 0.05) is 40.4 Å². The molecule has 1 N–H and O–H groups in total. The lowest BCUT2D eigenvalue weighted by atomic mass is 9.88. The van der Waals surface area contributed by atoms with Crippen LogP contribution in [0.15, 0.2) is 83.1 Å². The summed E-state index contributed by atoms with van der Waals surface area (Å²) in [4.78, 5) is 87.2. The minimum atomic E-state index is -4.71. The predicted octanol–water partition coefficient (Wildman–Crippen LogP) is 9.42. The van der Waals surface area contributed by atoms with Crippen LogP contribution in [-0.2, 0) is 40.1 Å². The van der Waals surface area contributed by atoms with E-state index in [0.717, 1.165) is 56.5 Å². The molecule has 22 heteroatoms. The van der Waals surface area contributed by atoms with Gasteiger partial charge in [0.25, 0.3) is 11.8 Å². The molecule has 6 amide bonds. The largest absolute Gasteiger partial charge is 0.406 e. The SMILES string of the molecule is CCC(F)(F)F.Cc1cc(Cl)cc(C2(C)CC(c3ccc(C(=O)N4CC(=O)N(CC(F)(F)F)C(=O)C4)c(C)c3)=NO2)c1.Cc1cc(Cl)cc(C2(C)CC(c3ccc(C(=O)N4CC(=O)NC(=O)C4)c(C)c3)=NO2)c1. The van der Waals surface area contributed by atoms with Crippen LogP contribution >= 0.6 is 23.2 Å². The number of imide groups is 2. The van der Waals surface area contributed by atoms with Crippen molar-refractivity contribution in [3.8, 4) is 0 Å². The van der Waals surface area contributed by atoms with Gasteiger partial charge < -0.3 is 19.5 Å². The standard InChI is InChI=1S/C25H23ClF3N3O4.C23H22ClN3O4.C3H5F3/c1-14-6-17(9-18(26)7-14)24(3)10-20(30-36-24)16-4-5-19(15(2)8-16)23(35)31-11-21(33)32(22(34)12-31)13-25(27,28)29;1-13-6-16(9-17(24)7-13)23(3)10-19(26-31-23)15-4-5-18(14(2)8-15)22(30)27-11-20(28)25-21(29)12-27;1-2-3(4,5)6/h4-9H,10-13H2,1-3H3;4-9H,10-12H2,1-3H3,(H,25,28,29);2H2,1H3. The Balaban J connectivity index is 0.000000216. The highest BCUT2D eigenvalue weighted by Gasteiger charge is 2.42. The van der Waals surface area contributed by atoms with Crippen molar-refractivity contribution >= 4 is 70.1 Å². The summed E-state index contributed by atoms with van der Waals surface area (Å²) in [6, 6.07) is 21.8. The van der Waals surface area contributed by atoms with E-state index >= 15 is 0 Å². The van der Waals surface area contributed by atoms with Gasteiger partial charge in [-0.2, -0.15) is 26.3 Å². The summed E-state index contributed by atoms with van der Waals surface area (Å²) in [6.45, 7) is 9.23. The molecule has 2 unspecified atom stereocenters. The van der Waals surface area contributed by atoms with Crippen molar-refractivity contribution in [3.63, 3.8) is 0 Å². The average molecular weight is 1060 g/mol. The first-order chi connectivity index (χ1) is 34.0. The molecule has 0 aliphatic carbocycles. The van der Waals surface area contributed by atoms with Gasteiger partial charge in [0.2, 0.25) is 23.6 Å². The fourth-order valence-corrected chi connectivity index (χ4v) is 8.84. The van der Waals surface area contributed by atoms with Crippen LogP contribution in [0.1, 0.15) is 105 Å². The smallest absolute Gasteiger partial charge is 0.384 e. The maximum Gasteiger partial charge on any atom is 0.406 e. The highest BCUT2D eigenvalue weighted by atomic mass is 35.5. The number of amides is 6. The van der Waals surface area contributed by atoms with Gasteiger partial charge in [-0.05, 0) is 135 Å². The van der Waals surface area contributed by atoms with E-state index in [1.807, 2.05) is 83.1 Å². The number of nitrogens with one attached hydrogen (secondary N) is 1. The number of halogens is 8. The molecule has 388 valence electrons. The lowest BCUT2D eigenvalue weighted by Crippen LogP contribution is -2.57. The molecule has 0 bridgehead atoms. The zero-order valence-electron chi connectivity index (χ0n) is 40.6. The fraction of sp³-hybridized carbons (Fsp3) is 0.373. The summed E-state index contributed by atoms with van der Waals surface area (Å²) in [5.74, 6) is -4.07. The van der Waals surface area contributed by atoms with Crippen LogP contribution in [-0.4, -0.2) is 107 Å². The first kappa shape index (κ1) is 55.5. The van der Waals surface area contributed by atoms with Gasteiger partial charge >= 0.3 is 12.4 Å². The average Bonchev–Trinajstić information content (AvgIpc) is 3.90. The summed E-state index contributed by atoms with van der Waals surface area (Å²) in [6.07, 6.45) is -8.38. The van der Waals surface area contributed by atoms with Gasteiger partial charge in [0.15, 0.2) is 11.2 Å². The second kappa shape index (κ2) is 21.7. The molecule has 8 rings (SSSR count). The second-order valence-corrected chi connectivity index (χ2v) is 19.3. The Kier molecular flexibility index (Phi) is 16.5. The van der Waals surface area contributed by atoms with Gasteiger partial charge in [0.05, 0.1) is 11.4 Å². The normalized spacial score (nSPS) is 20.0. The molecule has 4 aliphatic heterocycles. The quantitative estimate of drug-likeness (QED) is 0.141. The Hall–Kier alpha value is -6.80. The Bertz CT molecular complexity index is 2870. The number of carbonyl (C=O) groups excluding carboxylic acids is 6. The minimum Gasteiger partial charge on any atom is -0.384 e. The minimum absolute atomic E-state index is 0.135. The molecule has 2 fully saturated rings. The monoisotopic (exact) mass is 1060 g/mol. The van der Waals surface area contributed by atoms with Gasteiger partial charge in [0.1, 0.15) is 32.7 Å². The van der Waals surface area contributed by atoms with E-state index in [4.69, 9.17) is 32.9 Å². The highest BCUT2D eigenvalue weighted by Crippen LogP contribution is 2.39. The zero-order valence-corrected chi connectivity index (χ0v) is 42.1.